The smallest absolute Gasteiger partial charge is 0.317 e. The third-order valence-electron chi connectivity index (χ3n) is 5.21. The van der Waals surface area contributed by atoms with E-state index < -0.39 is 11.9 Å². The lowest BCUT2D eigenvalue weighted by Crippen LogP contribution is -2.45. The van der Waals surface area contributed by atoms with Crippen molar-refractivity contribution in [1.29, 1.82) is 0 Å². The number of nitrogens with one attached hydrogen (secondary N) is 1. The van der Waals surface area contributed by atoms with Gasteiger partial charge in [0, 0.05) is 30.1 Å². The average Bonchev–Trinajstić information content (AvgIpc) is 3.08. The summed E-state index contributed by atoms with van der Waals surface area (Å²) in [5, 5.41) is 12.7. The number of rotatable bonds is 6. The van der Waals surface area contributed by atoms with Gasteiger partial charge in [-0.3, -0.25) is 4.79 Å². The van der Waals surface area contributed by atoms with Crippen molar-refractivity contribution in [2.24, 2.45) is 5.92 Å². The Labute approximate surface area is 148 Å². The minimum atomic E-state index is -0.831. The first kappa shape index (κ1) is 18.6. The molecule has 6 heteroatoms. The van der Waals surface area contributed by atoms with Crippen LogP contribution in [0.4, 0.5) is 4.79 Å². The summed E-state index contributed by atoms with van der Waals surface area (Å²) >= 11 is 5.98. The van der Waals surface area contributed by atoms with Gasteiger partial charge in [0.15, 0.2) is 0 Å². The fourth-order valence-corrected chi connectivity index (χ4v) is 3.44. The molecule has 0 saturated carbocycles. The molecule has 2 N–H and O–H groups in total. The zero-order chi connectivity index (χ0) is 17.7. The normalized spacial score (nSPS) is 17.8. The number of benzene rings is 1. The van der Waals surface area contributed by atoms with Crippen LogP contribution >= 0.6 is 11.6 Å². The fraction of sp³-hybridized carbons (Fsp3) is 0.556. The van der Waals surface area contributed by atoms with Crippen LogP contribution in [-0.2, 0) is 10.2 Å². The minimum absolute atomic E-state index is 0.147. The van der Waals surface area contributed by atoms with Crippen molar-refractivity contribution >= 4 is 23.6 Å². The molecule has 132 valence electrons. The number of likely N-dealkylation sites (tertiary alicyclic amines) is 1. The van der Waals surface area contributed by atoms with Crippen LogP contribution in [0.25, 0.3) is 0 Å². The van der Waals surface area contributed by atoms with Crippen LogP contribution in [0, 0.1) is 5.92 Å². The Hall–Kier alpha value is -1.75. The van der Waals surface area contributed by atoms with Gasteiger partial charge in [-0.05, 0) is 37.0 Å². The molecule has 1 aromatic rings. The van der Waals surface area contributed by atoms with Gasteiger partial charge in [-0.15, -0.1) is 0 Å². The standard InChI is InChI=1S/C18H25ClN2O3/c1-3-18(4-2,14-5-7-15(19)8-6-14)12-20-17(24)21-10-9-13(11-21)16(22)23/h5-8,13H,3-4,9-12H2,1-2H3,(H,20,24)(H,22,23). The van der Waals surface area contributed by atoms with E-state index in [9.17, 15) is 9.59 Å². The molecule has 0 spiro atoms. The number of nitrogens with zero attached hydrogens (tertiary/aromatic N) is 1. The first-order valence-electron chi connectivity index (χ1n) is 8.43. The summed E-state index contributed by atoms with van der Waals surface area (Å²) in [6.07, 6.45) is 2.30. The molecule has 24 heavy (non-hydrogen) atoms. The maximum atomic E-state index is 12.4. The van der Waals surface area contributed by atoms with Crippen LogP contribution in [-0.4, -0.2) is 41.6 Å². The van der Waals surface area contributed by atoms with Gasteiger partial charge in [0.1, 0.15) is 0 Å². The summed E-state index contributed by atoms with van der Waals surface area (Å²) < 4.78 is 0. The van der Waals surface area contributed by atoms with Crippen molar-refractivity contribution in [3.8, 4) is 0 Å². The van der Waals surface area contributed by atoms with Gasteiger partial charge in [-0.25, -0.2) is 4.79 Å². The van der Waals surface area contributed by atoms with Gasteiger partial charge in [0.05, 0.1) is 5.92 Å². The Morgan fingerprint density at radius 1 is 1.29 bits per heavy atom. The molecule has 1 atom stereocenters. The van der Waals surface area contributed by atoms with Gasteiger partial charge in [0.25, 0.3) is 0 Å². The number of hydrogen-bond acceptors (Lipinski definition) is 2. The van der Waals surface area contributed by atoms with Crippen molar-refractivity contribution in [2.45, 2.75) is 38.5 Å². The SMILES string of the molecule is CCC(CC)(CNC(=O)N1CCC(C(=O)O)C1)c1ccc(Cl)cc1. The largest absolute Gasteiger partial charge is 0.481 e. The highest BCUT2D eigenvalue weighted by Crippen LogP contribution is 2.32. The van der Waals surface area contributed by atoms with Gasteiger partial charge < -0.3 is 15.3 Å². The summed E-state index contributed by atoms with van der Waals surface area (Å²) in [6.45, 7) is 5.53. The van der Waals surface area contributed by atoms with Crippen LogP contribution in [0.15, 0.2) is 24.3 Å². The predicted molar refractivity (Wildman–Crippen MR) is 94.4 cm³/mol. The first-order chi connectivity index (χ1) is 11.4. The molecule has 2 rings (SSSR count). The minimum Gasteiger partial charge on any atom is -0.481 e. The lowest BCUT2D eigenvalue weighted by atomic mass is 9.76. The van der Waals surface area contributed by atoms with E-state index in [4.69, 9.17) is 16.7 Å². The Morgan fingerprint density at radius 2 is 1.92 bits per heavy atom. The van der Waals surface area contributed by atoms with Crippen molar-refractivity contribution in [3.05, 3.63) is 34.9 Å². The van der Waals surface area contributed by atoms with Crippen LogP contribution in [0.5, 0.6) is 0 Å². The number of halogens is 1. The molecule has 1 fully saturated rings. The second-order valence-corrected chi connectivity index (χ2v) is 6.86. The maximum Gasteiger partial charge on any atom is 0.317 e. The van der Waals surface area contributed by atoms with Crippen molar-refractivity contribution < 1.29 is 14.7 Å². The van der Waals surface area contributed by atoms with Gasteiger partial charge >= 0.3 is 12.0 Å². The molecule has 0 bridgehead atoms. The lowest BCUT2D eigenvalue weighted by Gasteiger charge is -2.33. The molecule has 2 amide bonds. The molecule has 5 nitrogen and oxygen atoms in total. The highest BCUT2D eigenvalue weighted by molar-refractivity contribution is 6.30. The van der Waals surface area contributed by atoms with Crippen LogP contribution in [0.1, 0.15) is 38.7 Å². The number of amides is 2. The van der Waals surface area contributed by atoms with Crippen LogP contribution in [0.2, 0.25) is 5.02 Å². The Morgan fingerprint density at radius 3 is 2.42 bits per heavy atom. The van der Waals surface area contributed by atoms with E-state index in [0.29, 0.717) is 24.5 Å². The van der Waals surface area contributed by atoms with E-state index in [1.165, 1.54) is 0 Å². The highest BCUT2D eigenvalue weighted by Gasteiger charge is 2.33. The molecular weight excluding hydrogens is 328 g/mol. The lowest BCUT2D eigenvalue weighted by molar-refractivity contribution is -0.141. The summed E-state index contributed by atoms with van der Waals surface area (Å²) in [6, 6.07) is 7.59. The third-order valence-corrected chi connectivity index (χ3v) is 5.46. The van der Waals surface area contributed by atoms with E-state index in [0.717, 1.165) is 18.4 Å². The quantitative estimate of drug-likeness (QED) is 0.823. The number of hydrogen-bond donors (Lipinski definition) is 2. The van der Waals surface area contributed by atoms with Crippen LogP contribution in [0.3, 0.4) is 0 Å². The molecule has 1 aromatic carbocycles. The van der Waals surface area contributed by atoms with Crippen molar-refractivity contribution in [3.63, 3.8) is 0 Å². The number of aliphatic carboxylic acids is 1. The first-order valence-corrected chi connectivity index (χ1v) is 8.81. The van der Waals surface area contributed by atoms with E-state index in [2.05, 4.69) is 19.2 Å². The van der Waals surface area contributed by atoms with E-state index in [1.54, 1.807) is 4.90 Å². The monoisotopic (exact) mass is 352 g/mol. The molecule has 0 radical (unpaired) electrons. The molecular formula is C18H25ClN2O3. The van der Waals surface area contributed by atoms with E-state index in [-0.39, 0.29) is 18.0 Å². The molecule has 0 aromatic heterocycles. The average molecular weight is 353 g/mol. The maximum absolute atomic E-state index is 12.4. The van der Waals surface area contributed by atoms with Crippen molar-refractivity contribution in [1.82, 2.24) is 10.2 Å². The molecule has 1 aliphatic heterocycles. The topological polar surface area (TPSA) is 69.6 Å². The van der Waals surface area contributed by atoms with E-state index >= 15 is 0 Å². The Bertz CT molecular complexity index is 584. The Balaban J connectivity index is 2.02. The van der Waals surface area contributed by atoms with Gasteiger partial charge in [-0.2, -0.15) is 0 Å². The zero-order valence-corrected chi connectivity index (χ0v) is 15.0. The highest BCUT2D eigenvalue weighted by atomic mass is 35.5. The second-order valence-electron chi connectivity index (χ2n) is 6.42. The van der Waals surface area contributed by atoms with E-state index in [1.807, 2.05) is 24.3 Å². The van der Waals surface area contributed by atoms with Crippen LogP contribution < -0.4 is 5.32 Å². The number of carboxylic acids is 1. The summed E-state index contributed by atoms with van der Waals surface area (Å²) in [4.78, 5) is 25.0. The molecule has 1 unspecified atom stereocenters. The second kappa shape index (κ2) is 7.88. The zero-order valence-electron chi connectivity index (χ0n) is 14.2. The number of carbonyl (C=O) groups is 2. The number of carboxylic acid groups (broad SMARTS) is 1. The number of carbonyl (C=O) groups excluding carboxylic acids is 1. The Kier molecular flexibility index (Phi) is 6.10. The van der Waals surface area contributed by atoms with Crippen molar-refractivity contribution in [2.75, 3.05) is 19.6 Å². The molecule has 1 heterocycles. The van der Waals surface area contributed by atoms with Gasteiger partial charge in [0.2, 0.25) is 0 Å². The fourth-order valence-electron chi connectivity index (χ4n) is 3.32. The summed E-state index contributed by atoms with van der Waals surface area (Å²) in [7, 11) is 0. The number of urea groups is 1. The third kappa shape index (κ3) is 4.01. The molecule has 1 saturated heterocycles. The summed E-state index contributed by atoms with van der Waals surface area (Å²) in [5.41, 5.74) is 1.01. The molecule has 1 aliphatic rings. The molecule has 0 aliphatic carbocycles. The predicted octanol–water partition coefficient (Wildman–Crippen LogP) is 3.51. The summed E-state index contributed by atoms with van der Waals surface area (Å²) in [5.74, 6) is -1.28. The van der Waals surface area contributed by atoms with Gasteiger partial charge in [-0.1, -0.05) is 37.6 Å².